The summed E-state index contributed by atoms with van der Waals surface area (Å²) >= 11 is 0. The van der Waals surface area contributed by atoms with Crippen molar-refractivity contribution in [2.45, 2.75) is 38.4 Å². The van der Waals surface area contributed by atoms with Gasteiger partial charge in [0.15, 0.2) is 0 Å². The van der Waals surface area contributed by atoms with Gasteiger partial charge in [0, 0.05) is 31.7 Å². The maximum Gasteiger partial charge on any atom is 0.115 e. The van der Waals surface area contributed by atoms with E-state index < -0.39 is 0 Å². The van der Waals surface area contributed by atoms with Crippen LogP contribution in [0.15, 0.2) is 24.3 Å². The van der Waals surface area contributed by atoms with E-state index in [2.05, 4.69) is 17.1 Å². The Morgan fingerprint density at radius 2 is 2.00 bits per heavy atom. The SMILES string of the molecule is CC1CNC(C2CC2)CN1Cc1ccc(O)cc1. The molecule has 1 saturated heterocycles. The van der Waals surface area contributed by atoms with Crippen molar-refractivity contribution in [3.63, 3.8) is 0 Å². The van der Waals surface area contributed by atoms with Crippen LogP contribution in [0, 0.1) is 5.92 Å². The van der Waals surface area contributed by atoms with Crippen LogP contribution in [-0.2, 0) is 6.54 Å². The van der Waals surface area contributed by atoms with Gasteiger partial charge in [-0.25, -0.2) is 0 Å². The molecule has 0 spiro atoms. The van der Waals surface area contributed by atoms with Crippen LogP contribution in [0.2, 0.25) is 0 Å². The van der Waals surface area contributed by atoms with E-state index in [0.29, 0.717) is 17.8 Å². The number of aromatic hydroxyl groups is 1. The maximum atomic E-state index is 9.31. The second kappa shape index (κ2) is 4.90. The van der Waals surface area contributed by atoms with Gasteiger partial charge in [-0.05, 0) is 43.4 Å². The second-order valence-electron chi connectivity index (χ2n) is 5.80. The third-order valence-corrected chi connectivity index (χ3v) is 4.24. The number of hydrogen-bond acceptors (Lipinski definition) is 3. The lowest BCUT2D eigenvalue weighted by Gasteiger charge is -2.39. The van der Waals surface area contributed by atoms with Crippen LogP contribution in [0.5, 0.6) is 5.75 Å². The minimum atomic E-state index is 0.350. The van der Waals surface area contributed by atoms with Gasteiger partial charge in [-0.15, -0.1) is 0 Å². The summed E-state index contributed by atoms with van der Waals surface area (Å²) in [5.41, 5.74) is 1.29. The van der Waals surface area contributed by atoms with Gasteiger partial charge < -0.3 is 10.4 Å². The number of phenolic OH excluding ortho intramolecular Hbond substituents is 1. The summed E-state index contributed by atoms with van der Waals surface area (Å²) in [6.45, 7) is 5.54. The summed E-state index contributed by atoms with van der Waals surface area (Å²) < 4.78 is 0. The number of rotatable bonds is 3. The first-order valence-corrected chi connectivity index (χ1v) is 6.98. The fourth-order valence-electron chi connectivity index (χ4n) is 2.82. The van der Waals surface area contributed by atoms with Crippen molar-refractivity contribution in [3.8, 4) is 5.75 Å². The number of phenols is 1. The van der Waals surface area contributed by atoms with E-state index in [9.17, 15) is 5.11 Å². The molecule has 0 aromatic heterocycles. The van der Waals surface area contributed by atoms with E-state index in [1.54, 1.807) is 12.1 Å². The molecule has 3 heteroatoms. The molecule has 1 aliphatic heterocycles. The molecule has 2 N–H and O–H groups in total. The van der Waals surface area contributed by atoms with Crippen molar-refractivity contribution in [2.75, 3.05) is 13.1 Å². The molecule has 1 aliphatic carbocycles. The summed E-state index contributed by atoms with van der Waals surface area (Å²) in [6, 6.07) is 8.89. The van der Waals surface area contributed by atoms with Gasteiger partial charge in [0.1, 0.15) is 5.75 Å². The van der Waals surface area contributed by atoms with Gasteiger partial charge in [-0.3, -0.25) is 4.90 Å². The van der Waals surface area contributed by atoms with E-state index in [-0.39, 0.29) is 0 Å². The predicted molar refractivity (Wildman–Crippen MR) is 72.5 cm³/mol. The zero-order chi connectivity index (χ0) is 12.5. The fourth-order valence-corrected chi connectivity index (χ4v) is 2.82. The number of nitrogens with zero attached hydrogens (tertiary/aromatic N) is 1. The van der Waals surface area contributed by atoms with Gasteiger partial charge in [0.05, 0.1) is 0 Å². The van der Waals surface area contributed by atoms with Crippen molar-refractivity contribution < 1.29 is 5.11 Å². The first kappa shape index (κ1) is 12.0. The van der Waals surface area contributed by atoms with Gasteiger partial charge in [-0.2, -0.15) is 0 Å². The molecule has 2 unspecified atom stereocenters. The molecule has 2 fully saturated rings. The molecule has 0 amide bonds. The molecule has 0 bridgehead atoms. The van der Waals surface area contributed by atoms with Crippen LogP contribution in [0.4, 0.5) is 0 Å². The smallest absolute Gasteiger partial charge is 0.115 e. The van der Waals surface area contributed by atoms with Crippen molar-refractivity contribution in [1.82, 2.24) is 10.2 Å². The monoisotopic (exact) mass is 246 g/mol. The average Bonchev–Trinajstić information content (AvgIpc) is 3.19. The quantitative estimate of drug-likeness (QED) is 0.856. The molecule has 98 valence electrons. The standard InChI is InChI=1S/C15H22N2O/c1-11-8-16-15(13-4-5-13)10-17(11)9-12-2-6-14(18)7-3-12/h2-3,6-7,11,13,15-16,18H,4-5,8-10H2,1H3. The van der Waals surface area contributed by atoms with E-state index in [4.69, 9.17) is 0 Å². The molecule has 0 radical (unpaired) electrons. The van der Waals surface area contributed by atoms with Crippen LogP contribution in [-0.4, -0.2) is 35.2 Å². The highest BCUT2D eigenvalue weighted by Crippen LogP contribution is 2.34. The Balaban J connectivity index is 1.64. The van der Waals surface area contributed by atoms with Crippen molar-refractivity contribution >= 4 is 0 Å². The van der Waals surface area contributed by atoms with E-state index >= 15 is 0 Å². The molecule has 2 aliphatic rings. The van der Waals surface area contributed by atoms with Gasteiger partial charge >= 0.3 is 0 Å². The van der Waals surface area contributed by atoms with Crippen LogP contribution < -0.4 is 5.32 Å². The van der Waals surface area contributed by atoms with E-state index in [1.165, 1.54) is 18.4 Å². The minimum Gasteiger partial charge on any atom is -0.508 e. The normalized spacial score (nSPS) is 29.4. The summed E-state index contributed by atoms with van der Waals surface area (Å²) in [5, 5.41) is 13.0. The predicted octanol–water partition coefficient (Wildman–Crippen LogP) is 1.96. The van der Waals surface area contributed by atoms with E-state index in [1.807, 2.05) is 12.1 Å². The third kappa shape index (κ3) is 2.68. The zero-order valence-electron chi connectivity index (χ0n) is 11.0. The van der Waals surface area contributed by atoms with E-state index in [0.717, 1.165) is 25.6 Å². The number of benzene rings is 1. The highest BCUT2D eigenvalue weighted by atomic mass is 16.3. The van der Waals surface area contributed by atoms with Crippen LogP contribution in [0.1, 0.15) is 25.3 Å². The molecular weight excluding hydrogens is 224 g/mol. The van der Waals surface area contributed by atoms with Crippen molar-refractivity contribution in [2.24, 2.45) is 5.92 Å². The topological polar surface area (TPSA) is 35.5 Å². The lowest BCUT2D eigenvalue weighted by Crippen LogP contribution is -2.55. The minimum absolute atomic E-state index is 0.350. The largest absolute Gasteiger partial charge is 0.508 e. The molecule has 3 rings (SSSR count). The van der Waals surface area contributed by atoms with Gasteiger partial charge in [-0.1, -0.05) is 12.1 Å². The Morgan fingerprint density at radius 3 is 2.67 bits per heavy atom. The Kier molecular flexibility index (Phi) is 3.27. The number of piperazine rings is 1. The molecule has 2 atom stereocenters. The first-order valence-electron chi connectivity index (χ1n) is 6.98. The highest BCUT2D eigenvalue weighted by Gasteiger charge is 2.35. The Morgan fingerprint density at radius 1 is 1.28 bits per heavy atom. The summed E-state index contributed by atoms with van der Waals surface area (Å²) in [5.74, 6) is 1.27. The lowest BCUT2D eigenvalue weighted by atomic mass is 10.0. The molecule has 3 nitrogen and oxygen atoms in total. The average molecular weight is 246 g/mol. The van der Waals surface area contributed by atoms with Crippen LogP contribution in [0.3, 0.4) is 0 Å². The van der Waals surface area contributed by atoms with Gasteiger partial charge in [0.25, 0.3) is 0 Å². The molecule has 18 heavy (non-hydrogen) atoms. The summed E-state index contributed by atoms with van der Waals surface area (Å²) in [4.78, 5) is 2.56. The second-order valence-corrected chi connectivity index (χ2v) is 5.80. The summed E-state index contributed by atoms with van der Waals surface area (Å²) in [6.07, 6.45) is 2.80. The molecular formula is C15H22N2O. The first-order chi connectivity index (χ1) is 8.72. The number of nitrogens with one attached hydrogen (secondary N) is 1. The highest BCUT2D eigenvalue weighted by molar-refractivity contribution is 5.25. The summed E-state index contributed by atoms with van der Waals surface area (Å²) in [7, 11) is 0. The van der Waals surface area contributed by atoms with Crippen LogP contribution in [0.25, 0.3) is 0 Å². The fraction of sp³-hybridized carbons (Fsp3) is 0.600. The number of hydrogen-bond donors (Lipinski definition) is 2. The Hall–Kier alpha value is -1.06. The van der Waals surface area contributed by atoms with Crippen molar-refractivity contribution in [1.29, 1.82) is 0 Å². The lowest BCUT2D eigenvalue weighted by molar-refractivity contribution is 0.125. The van der Waals surface area contributed by atoms with Crippen molar-refractivity contribution in [3.05, 3.63) is 29.8 Å². The third-order valence-electron chi connectivity index (χ3n) is 4.24. The zero-order valence-corrected chi connectivity index (χ0v) is 11.0. The Bertz CT molecular complexity index is 399. The van der Waals surface area contributed by atoms with Crippen LogP contribution >= 0.6 is 0 Å². The Labute approximate surface area is 109 Å². The maximum absolute atomic E-state index is 9.31. The molecule has 1 heterocycles. The molecule has 1 aromatic carbocycles. The van der Waals surface area contributed by atoms with Gasteiger partial charge in [0.2, 0.25) is 0 Å². The molecule has 1 saturated carbocycles. The molecule has 1 aromatic rings.